The van der Waals surface area contributed by atoms with E-state index in [4.69, 9.17) is 16.3 Å². The third-order valence-corrected chi connectivity index (χ3v) is 5.91. The molecular formula is C25H32ClN3O3. The van der Waals surface area contributed by atoms with Crippen LogP contribution in [0.15, 0.2) is 42.6 Å². The highest BCUT2D eigenvalue weighted by atomic mass is 35.5. The fourth-order valence-corrected chi connectivity index (χ4v) is 4.15. The Morgan fingerprint density at radius 1 is 1.19 bits per heavy atom. The van der Waals surface area contributed by atoms with Crippen LogP contribution >= 0.6 is 11.6 Å². The Hall–Kier alpha value is -2.60. The Morgan fingerprint density at radius 2 is 1.94 bits per heavy atom. The molecule has 2 heterocycles. The molecule has 0 saturated heterocycles. The third-order valence-electron chi connectivity index (χ3n) is 5.69. The van der Waals surface area contributed by atoms with Gasteiger partial charge in [-0.1, -0.05) is 37.6 Å². The van der Waals surface area contributed by atoms with Crippen LogP contribution in [0.4, 0.5) is 0 Å². The largest absolute Gasteiger partial charge is 0.491 e. The second kappa shape index (κ2) is 11.3. The first kappa shape index (κ1) is 24.1. The minimum absolute atomic E-state index is 0.0117. The SMILES string of the molecule is CCN1CCCCN(C(=O)c2ccc(Cl)cn2)[C@@H](CC(C)C)COc2ccccc2C1=O. The van der Waals surface area contributed by atoms with Gasteiger partial charge in [-0.25, -0.2) is 4.98 Å². The zero-order chi connectivity index (χ0) is 23.1. The number of amides is 2. The molecule has 2 aromatic rings. The standard InChI is InChI=1S/C25H32ClN3O3/c1-4-28-13-7-8-14-29(25(31)22-12-11-19(26)16-27-22)20(15-18(2)3)17-32-23-10-6-5-9-21(23)24(28)30/h5-6,9-12,16,18,20H,4,7-8,13-15,17H2,1-3H3/t20-/m0/s1. The van der Waals surface area contributed by atoms with E-state index in [2.05, 4.69) is 18.8 Å². The lowest BCUT2D eigenvalue weighted by molar-refractivity contribution is 0.0550. The summed E-state index contributed by atoms with van der Waals surface area (Å²) in [7, 11) is 0. The molecule has 1 aliphatic heterocycles. The van der Waals surface area contributed by atoms with Gasteiger partial charge in [0.15, 0.2) is 0 Å². The Kier molecular flexibility index (Phi) is 8.51. The topological polar surface area (TPSA) is 62.7 Å². The van der Waals surface area contributed by atoms with Crippen LogP contribution in [-0.4, -0.2) is 58.9 Å². The van der Waals surface area contributed by atoms with Crippen molar-refractivity contribution in [3.63, 3.8) is 0 Å². The molecule has 0 radical (unpaired) electrons. The van der Waals surface area contributed by atoms with Crippen LogP contribution in [-0.2, 0) is 0 Å². The number of aromatic nitrogens is 1. The first-order valence-electron chi connectivity index (χ1n) is 11.3. The van der Waals surface area contributed by atoms with E-state index >= 15 is 0 Å². The monoisotopic (exact) mass is 457 g/mol. The van der Waals surface area contributed by atoms with Gasteiger partial charge in [0.25, 0.3) is 11.8 Å². The number of halogens is 1. The summed E-state index contributed by atoms with van der Waals surface area (Å²) in [5.74, 6) is 0.798. The molecule has 2 amide bonds. The lowest BCUT2D eigenvalue weighted by Gasteiger charge is -2.34. The van der Waals surface area contributed by atoms with E-state index in [9.17, 15) is 9.59 Å². The molecule has 1 aromatic carbocycles. The van der Waals surface area contributed by atoms with Crippen molar-refractivity contribution in [1.82, 2.24) is 14.8 Å². The number of ether oxygens (including phenoxy) is 1. The Morgan fingerprint density at radius 3 is 2.62 bits per heavy atom. The van der Waals surface area contributed by atoms with E-state index < -0.39 is 0 Å². The van der Waals surface area contributed by atoms with Crippen molar-refractivity contribution in [2.75, 3.05) is 26.2 Å². The van der Waals surface area contributed by atoms with Gasteiger partial charge in [0.2, 0.25) is 0 Å². The van der Waals surface area contributed by atoms with E-state index in [1.807, 2.05) is 41.0 Å². The minimum atomic E-state index is -0.134. The number of hydrogen-bond acceptors (Lipinski definition) is 4. The normalized spacial score (nSPS) is 17.9. The van der Waals surface area contributed by atoms with Gasteiger partial charge in [-0.05, 0) is 56.4 Å². The van der Waals surface area contributed by atoms with Crippen LogP contribution in [0.5, 0.6) is 5.75 Å². The molecule has 0 fully saturated rings. The van der Waals surface area contributed by atoms with Gasteiger partial charge in [0.1, 0.15) is 18.1 Å². The number of fused-ring (bicyclic) bond motifs is 1. The Balaban J connectivity index is 1.94. The van der Waals surface area contributed by atoms with Gasteiger partial charge in [-0.3, -0.25) is 9.59 Å². The molecule has 1 atom stereocenters. The maximum absolute atomic E-state index is 13.4. The van der Waals surface area contributed by atoms with Gasteiger partial charge < -0.3 is 14.5 Å². The maximum Gasteiger partial charge on any atom is 0.272 e. The molecule has 0 saturated carbocycles. The summed E-state index contributed by atoms with van der Waals surface area (Å²) in [6.45, 7) is 8.41. The summed E-state index contributed by atoms with van der Waals surface area (Å²) in [5.41, 5.74) is 0.941. The molecule has 0 bridgehead atoms. The minimum Gasteiger partial charge on any atom is -0.491 e. The van der Waals surface area contributed by atoms with Crippen LogP contribution in [0.3, 0.4) is 0 Å². The van der Waals surface area contributed by atoms with E-state index in [0.717, 1.165) is 19.3 Å². The van der Waals surface area contributed by atoms with Crippen molar-refractivity contribution in [2.45, 2.75) is 46.1 Å². The Labute approximate surface area is 195 Å². The van der Waals surface area contributed by atoms with E-state index in [1.54, 1.807) is 12.1 Å². The second-order valence-corrected chi connectivity index (χ2v) is 8.98. The molecule has 1 aliphatic rings. The lowest BCUT2D eigenvalue weighted by Crippen LogP contribution is -2.46. The van der Waals surface area contributed by atoms with Crippen LogP contribution in [0, 0.1) is 5.92 Å². The maximum atomic E-state index is 13.4. The van der Waals surface area contributed by atoms with Gasteiger partial charge >= 0.3 is 0 Å². The van der Waals surface area contributed by atoms with Crippen molar-refractivity contribution in [1.29, 1.82) is 0 Å². The summed E-state index contributed by atoms with van der Waals surface area (Å²) in [4.78, 5) is 34.5. The summed E-state index contributed by atoms with van der Waals surface area (Å²) in [5, 5.41) is 0.498. The molecule has 172 valence electrons. The summed E-state index contributed by atoms with van der Waals surface area (Å²) in [6.07, 6.45) is 3.89. The molecule has 32 heavy (non-hydrogen) atoms. The molecule has 1 aromatic heterocycles. The summed E-state index contributed by atoms with van der Waals surface area (Å²) >= 11 is 5.97. The molecule has 0 spiro atoms. The van der Waals surface area contributed by atoms with Crippen LogP contribution in [0.25, 0.3) is 0 Å². The Bertz CT molecular complexity index is 917. The number of hydrogen-bond donors (Lipinski definition) is 0. The molecule has 3 rings (SSSR count). The predicted molar refractivity (Wildman–Crippen MR) is 126 cm³/mol. The molecule has 0 unspecified atom stereocenters. The third kappa shape index (κ3) is 6.00. The zero-order valence-corrected chi connectivity index (χ0v) is 19.8. The highest BCUT2D eigenvalue weighted by Crippen LogP contribution is 2.24. The fraction of sp³-hybridized carbons (Fsp3) is 0.480. The average molecular weight is 458 g/mol. The molecule has 7 heteroatoms. The van der Waals surface area contributed by atoms with Crippen LogP contribution in [0.1, 0.15) is 60.9 Å². The van der Waals surface area contributed by atoms with Crippen molar-refractivity contribution in [3.05, 3.63) is 58.9 Å². The number of carbonyl (C=O) groups excluding carboxylic acids is 2. The number of benzene rings is 1. The van der Waals surface area contributed by atoms with E-state index in [1.165, 1.54) is 6.20 Å². The van der Waals surface area contributed by atoms with Crippen LogP contribution in [0.2, 0.25) is 5.02 Å². The highest BCUT2D eigenvalue weighted by molar-refractivity contribution is 6.30. The lowest BCUT2D eigenvalue weighted by atomic mass is 10.0. The second-order valence-electron chi connectivity index (χ2n) is 8.54. The molecular weight excluding hydrogens is 426 g/mol. The smallest absolute Gasteiger partial charge is 0.272 e. The first-order valence-corrected chi connectivity index (χ1v) is 11.7. The van der Waals surface area contributed by atoms with Gasteiger partial charge in [-0.2, -0.15) is 0 Å². The average Bonchev–Trinajstić information content (AvgIpc) is 2.78. The predicted octanol–water partition coefficient (Wildman–Crippen LogP) is 4.93. The fourth-order valence-electron chi connectivity index (χ4n) is 4.04. The number of pyridine rings is 1. The summed E-state index contributed by atoms with van der Waals surface area (Å²) in [6, 6.07) is 10.6. The van der Waals surface area contributed by atoms with Crippen molar-refractivity contribution < 1.29 is 14.3 Å². The van der Waals surface area contributed by atoms with Gasteiger partial charge in [0, 0.05) is 25.8 Å². The number of carbonyl (C=O) groups is 2. The molecule has 6 nitrogen and oxygen atoms in total. The first-order chi connectivity index (χ1) is 15.4. The highest BCUT2D eigenvalue weighted by Gasteiger charge is 2.28. The number of rotatable bonds is 4. The van der Waals surface area contributed by atoms with Crippen molar-refractivity contribution in [3.8, 4) is 5.75 Å². The number of nitrogens with zero attached hydrogens (tertiary/aromatic N) is 3. The summed E-state index contributed by atoms with van der Waals surface area (Å²) < 4.78 is 6.19. The van der Waals surface area contributed by atoms with Crippen LogP contribution < -0.4 is 4.74 Å². The van der Waals surface area contributed by atoms with Gasteiger partial charge in [0.05, 0.1) is 16.6 Å². The van der Waals surface area contributed by atoms with Crippen molar-refractivity contribution >= 4 is 23.4 Å². The zero-order valence-electron chi connectivity index (χ0n) is 19.1. The molecule has 0 aliphatic carbocycles. The number of para-hydroxylation sites is 1. The van der Waals surface area contributed by atoms with Gasteiger partial charge in [-0.15, -0.1) is 0 Å². The quantitative estimate of drug-likeness (QED) is 0.653. The van der Waals surface area contributed by atoms with E-state index in [-0.39, 0.29) is 17.9 Å². The molecule has 0 N–H and O–H groups in total. The van der Waals surface area contributed by atoms with E-state index in [0.29, 0.717) is 54.2 Å². The van der Waals surface area contributed by atoms with Crippen molar-refractivity contribution in [2.24, 2.45) is 5.92 Å².